The molecule has 8 nitrogen and oxygen atoms in total. The molecule has 2 aromatic rings. The van der Waals surface area contributed by atoms with Crippen LogP contribution in [0.5, 0.6) is 5.88 Å². The Bertz CT molecular complexity index is 1100. The molecular weight excluding hydrogens is 452 g/mol. The Morgan fingerprint density at radius 3 is 2.79 bits per heavy atom. The number of hydrogen-bond donors (Lipinski definition) is 2. The standard InChI is InChI=1S/C22H25F2N5O3S/c1-4-5-32-17-10-26-15(9-27-17)19(30)28-12-6-13(18(24)14(23)7-12)21(2)16-8-22(16,11-31-3)33-20(25)29-21/h6-7,9-10,16H,4-5,8,11H2,1-3H3,(H2,25,29)(H,28,30)/t16-,21+,22+/m0/s1. The molecule has 0 radical (unpaired) electrons. The number of methoxy groups -OCH3 is 1. The maximum atomic E-state index is 15.0. The number of anilines is 1. The summed E-state index contributed by atoms with van der Waals surface area (Å²) in [6, 6.07) is 2.32. The third kappa shape index (κ3) is 4.39. The second kappa shape index (κ2) is 8.86. The smallest absolute Gasteiger partial charge is 0.275 e. The van der Waals surface area contributed by atoms with Crippen LogP contribution in [0, 0.1) is 17.6 Å². The number of thioether (sulfide) groups is 1. The lowest BCUT2D eigenvalue weighted by Gasteiger charge is -2.34. The second-order valence-electron chi connectivity index (χ2n) is 8.32. The van der Waals surface area contributed by atoms with Crippen LogP contribution in [-0.4, -0.2) is 46.1 Å². The molecule has 1 aliphatic heterocycles. The van der Waals surface area contributed by atoms with Crippen LogP contribution in [0.25, 0.3) is 0 Å². The van der Waals surface area contributed by atoms with Gasteiger partial charge in [0, 0.05) is 30.3 Å². The summed E-state index contributed by atoms with van der Waals surface area (Å²) < 4.78 is 39.9. The first-order valence-corrected chi connectivity index (χ1v) is 11.3. The highest BCUT2D eigenvalue weighted by atomic mass is 32.2. The van der Waals surface area contributed by atoms with Crippen molar-refractivity contribution in [2.75, 3.05) is 25.6 Å². The molecular formula is C22H25F2N5O3S. The molecule has 11 heteroatoms. The molecule has 1 aromatic carbocycles. The number of aromatic nitrogens is 2. The number of rotatable bonds is 8. The van der Waals surface area contributed by atoms with Crippen LogP contribution in [0.2, 0.25) is 0 Å². The molecule has 176 valence electrons. The van der Waals surface area contributed by atoms with E-state index in [9.17, 15) is 13.6 Å². The molecule has 3 N–H and O–H groups in total. The molecule has 33 heavy (non-hydrogen) atoms. The van der Waals surface area contributed by atoms with Crippen LogP contribution in [0.1, 0.15) is 42.7 Å². The third-order valence-corrected chi connectivity index (χ3v) is 7.16. The number of ether oxygens (including phenoxy) is 2. The van der Waals surface area contributed by atoms with Gasteiger partial charge in [-0.1, -0.05) is 18.7 Å². The molecule has 0 unspecified atom stereocenters. The van der Waals surface area contributed by atoms with Crippen molar-refractivity contribution in [2.24, 2.45) is 16.6 Å². The minimum atomic E-state index is -1.10. The number of amides is 1. The number of carbonyl (C=O) groups is 1. The zero-order valence-corrected chi connectivity index (χ0v) is 19.3. The van der Waals surface area contributed by atoms with Gasteiger partial charge in [-0.15, -0.1) is 0 Å². The number of halogens is 2. The average Bonchev–Trinajstić information content (AvgIpc) is 3.49. The van der Waals surface area contributed by atoms with E-state index in [0.29, 0.717) is 30.7 Å². The quantitative estimate of drug-likeness (QED) is 0.599. The van der Waals surface area contributed by atoms with Gasteiger partial charge in [0.1, 0.15) is 5.69 Å². The van der Waals surface area contributed by atoms with Gasteiger partial charge in [0.2, 0.25) is 5.88 Å². The van der Waals surface area contributed by atoms with Gasteiger partial charge < -0.3 is 20.5 Å². The van der Waals surface area contributed by atoms with Gasteiger partial charge in [-0.2, -0.15) is 0 Å². The molecule has 1 aromatic heterocycles. The summed E-state index contributed by atoms with van der Waals surface area (Å²) in [4.78, 5) is 25.2. The predicted molar refractivity (Wildman–Crippen MR) is 121 cm³/mol. The number of nitrogens with one attached hydrogen (secondary N) is 1. The summed E-state index contributed by atoms with van der Waals surface area (Å²) in [5.74, 6) is -2.53. The van der Waals surface area contributed by atoms with Crippen LogP contribution >= 0.6 is 11.8 Å². The van der Waals surface area contributed by atoms with E-state index in [0.717, 1.165) is 12.5 Å². The van der Waals surface area contributed by atoms with Gasteiger partial charge in [0.05, 0.1) is 35.9 Å². The summed E-state index contributed by atoms with van der Waals surface area (Å²) in [5.41, 5.74) is 5.06. The largest absolute Gasteiger partial charge is 0.477 e. The Labute approximate surface area is 194 Å². The lowest BCUT2D eigenvalue weighted by molar-refractivity contribution is 0.102. The first-order valence-electron chi connectivity index (χ1n) is 10.5. The maximum absolute atomic E-state index is 15.0. The fraction of sp³-hybridized carbons (Fsp3) is 0.455. The van der Waals surface area contributed by atoms with Crippen molar-refractivity contribution >= 4 is 28.5 Å². The lowest BCUT2D eigenvalue weighted by atomic mass is 9.85. The summed E-state index contributed by atoms with van der Waals surface area (Å²) in [5, 5.41) is 2.85. The van der Waals surface area contributed by atoms with Gasteiger partial charge in [0.25, 0.3) is 5.91 Å². The summed E-state index contributed by atoms with van der Waals surface area (Å²) in [6.45, 7) is 4.59. The number of carbonyl (C=O) groups excluding carboxylic acids is 1. The molecule has 0 saturated heterocycles. The maximum Gasteiger partial charge on any atom is 0.275 e. The van der Waals surface area contributed by atoms with Gasteiger partial charge >= 0.3 is 0 Å². The Kier molecular flexibility index (Phi) is 6.28. The predicted octanol–water partition coefficient (Wildman–Crippen LogP) is 3.48. The van der Waals surface area contributed by atoms with Crippen molar-refractivity contribution in [1.82, 2.24) is 9.97 Å². The molecule has 1 amide bonds. The number of fused-ring (bicyclic) bond motifs is 1. The summed E-state index contributed by atoms with van der Waals surface area (Å²) >= 11 is 1.40. The van der Waals surface area contributed by atoms with Crippen LogP contribution in [0.4, 0.5) is 14.5 Å². The van der Waals surface area contributed by atoms with Crippen LogP contribution in [-0.2, 0) is 10.3 Å². The van der Waals surface area contributed by atoms with Gasteiger partial charge in [-0.3, -0.25) is 9.79 Å². The van der Waals surface area contributed by atoms with E-state index in [4.69, 9.17) is 15.2 Å². The van der Waals surface area contributed by atoms with Gasteiger partial charge in [-0.25, -0.2) is 18.7 Å². The van der Waals surface area contributed by atoms with Gasteiger partial charge in [-0.05, 0) is 25.8 Å². The molecule has 4 rings (SSSR count). The first kappa shape index (κ1) is 23.4. The topological polar surface area (TPSA) is 112 Å². The SMILES string of the molecule is CCCOc1cnc(C(=O)Nc2cc(F)c(F)c([C@@]3(C)N=C(N)S[C@@]4(COC)C[C@H]43)c2)cn1. The Morgan fingerprint density at radius 2 is 2.12 bits per heavy atom. The number of amidine groups is 1. The normalized spacial score (nSPS) is 25.7. The molecule has 2 heterocycles. The zero-order chi connectivity index (χ0) is 23.8. The summed E-state index contributed by atoms with van der Waals surface area (Å²) in [7, 11) is 1.59. The molecule has 0 spiro atoms. The van der Waals surface area contributed by atoms with E-state index in [1.165, 1.54) is 30.2 Å². The number of hydrogen-bond acceptors (Lipinski definition) is 8. The third-order valence-electron chi connectivity index (χ3n) is 5.89. The molecule has 2 aliphatic rings. The highest BCUT2D eigenvalue weighted by Crippen LogP contribution is 2.66. The second-order valence-corrected chi connectivity index (χ2v) is 9.75. The first-order chi connectivity index (χ1) is 15.7. The van der Waals surface area contributed by atoms with Crippen molar-refractivity contribution in [1.29, 1.82) is 0 Å². The molecule has 1 saturated carbocycles. The Morgan fingerprint density at radius 1 is 1.33 bits per heavy atom. The van der Waals surface area contributed by atoms with E-state index in [1.54, 1.807) is 14.0 Å². The number of benzene rings is 1. The Balaban J connectivity index is 1.60. The van der Waals surface area contributed by atoms with Crippen molar-refractivity contribution in [3.8, 4) is 5.88 Å². The van der Waals surface area contributed by atoms with Crippen molar-refractivity contribution in [3.05, 3.63) is 47.4 Å². The minimum absolute atomic E-state index is 0.00831. The van der Waals surface area contributed by atoms with E-state index in [-0.39, 0.29) is 27.6 Å². The van der Waals surface area contributed by atoms with E-state index >= 15 is 0 Å². The number of nitrogens with two attached hydrogens (primary N) is 1. The van der Waals surface area contributed by atoms with Crippen LogP contribution < -0.4 is 15.8 Å². The Hall–Kier alpha value is -2.79. The number of aliphatic imine (C=N–C) groups is 1. The number of nitrogens with zero attached hydrogens (tertiary/aromatic N) is 3. The van der Waals surface area contributed by atoms with Crippen LogP contribution in [0.3, 0.4) is 0 Å². The fourth-order valence-corrected chi connectivity index (χ4v) is 5.72. The average molecular weight is 478 g/mol. The lowest BCUT2D eigenvalue weighted by Crippen LogP contribution is -2.38. The van der Waals surface area contributed by atoms with E-state index in [2.05, 4.69) is 20.3 Å². The van der Waals surface area contributed by atoms with Crippen molar-refractivity contribution in [2.45, 2.75) is 37.0 Å². The van der Waals surface area contributed by atoms with Crippen molar-refractivity contribution < 1.29 is 23.0 Å². The highest BCUT2D eigenvalue weighted by Gasteiger charge is 2.66. The fourth-order valence-electron chi connectivity index (χ4n) is 4.27. The zero-order valence-electron chi connectivity index (χ0n) is 18.5. The van der Waals surface area contributed by atoms with Crippen LogP contribution in [0.15, 0.2) is 29.5 Å². The van der Waals surface area contributed by atoms with Gasteiger partial charge in [0.15, 0.2) is 16.8 Å². The highest BCUT2D eigenvalue weighted by molar-refractivity contribution is 8.15. The van der Waals surface area contributed by atoms with E-state index in [1.807, 2.05) is 6.92 Å². The monoisotopic (exact) mass is 477 g/mol. The molecule has 1 aliphatic carbocycles. The van der Waals surface area contributed by atoms with E-state index < -0.39 is 23.1 Å². The molecule has 0 bridgehead atoms. The molecule has 1 fully saturated rings. The molecule has 3 atom stereocenters. The van der Waals surface area contributed by atoms with Crippen molar-refractivity contribution in [3.63, 3.8) is 0 Å². The summed E-state index contributed by atoms with van der Waals surface area (Å²) in [6.07, 6.45) is 4.10. The minimum Gasteiger partial charge on any atom is -0.477 e.